The number of carboxylic acid groups (broad SMARTS) is 1. The van der Waals surface area contributed by atoms with Crippen LogP contribution in [-0.2, 0) is 14.3 Å². The summed E-state index contributed by atoms with van der Waals surface area (Å²) in [5.41, 5.74) is 0.625. The molecule has 1 aromatic heterocycles. The minimum Gasteiger partial charge on any atom is -0.496 e. The number of piperazine rings is 1. The summed E-state index contributed by atoms with van der Waals surface area (Å²) >= 11 is 0. The van der Waals surface area contributed by atoms with E-state index < -0.39 is 36.5 Å². The molecular weight excluding hydrogens is 420 g/mol. The number of aliphatic carboxylic acids is 1. The molecule has 1 atom stereocenters. The first-order valence-electron chi connectivity index (χ1n) is 10.0. The Labute approximate surface area is 183 Å². The van der Waals surface area contributed by atoms with E-state index in [-0.39, 0.29) is 31.9 Å². The maximum Gasteiger partial charge on any atom is 0.409 e. The van der Waals surface area contributed by atoms with Crippen LogP contribution in [0.25, 0.3) is 10.9 Å². The van der Waals surface area contributed by atoms with E-state index in [1.54, 1.807) is 19.1 Å². The van der Waals surface area contributed by atoms with Crippen molar-refractivity contribution in [2.24, 2.45) is 0 Å². The number of benzene rings is 1. The summed E-state index contributed by atoms with van der Waals surface area (Å²) in [6.07, 6.45) is -0.629. The number of amides is 3. The van der Waals surface area contributed by atoms with Crippen LogP contribution >= 0.6 is 0 Å². The zero-order chi connectivity index (χ0) is 23.3. The van der Waals surface area contributed by atoms with Gasteiger partial charge in [-0.05, 0) is 19.1 Å². The highest BCUT2D eigenvalue weighted by molar-refractivity contribution is 5.98. The number of pyridine rings is 1. The number of para-hydroxylation sites is 1. The molecule has 1 fully saturated rings. The number of aromatic nitrogens is 1. The van der Waals surface area contributed by atoms with Gasteiger partial charge in [0.1, 0.15) is 17.5 Å². The molecule has 3 amide bonds. The van der Waals surface area contributed by atoms with Crippen LogP contribution in [0.1, 0.15) is 17.4 Å². The van der Waals surface area contributed by atoms with Gasteiger partial charge in [0.2, 0.25) is 5.91 Å². The predicted molar refractivity (Wildman–Crippen MR) is 112 cm³/mol. The van der Waals surface area contributed by atoms with Crippen molar-refractivity contribution < 1.29 is 33.8 Å². The maximum absolute atomic E-state index is 12.7. The number of carbonyl (C=O) groups is 4. The lowest BCUT2D eigenvalue weighted by molar-refractivity contribution is -0.152. The first-order valence-corrected chi connectivity index (χ1v) is 10.0. The molecule has 32 heavy (non-hydrogen) atoms. The number of hydrogen-bond acceptors (Lipinski definition) is 7. The lowest BCUT2D eigenvalue weighted by Crippen LogP contribution is -2.60. The Balaban J connectivity index is 1.67. The Morgan fingerprint density at radius 2 is 1.97 bits per heavy atom. The minimum absolute atomic E-state index is 0.00648. The number of carbonyl (C=O) groups excluding carboxylic acids is 3. The van der Waals surface area contributed by atoms with Crippen molar-refractivity contribution in [2.45, 2.75) is 13.0 Å². The zero-order valence-corrected chi connectivity index (χ0v) is 17.7. The van der Waals surface area contributed by atoms with Crippen LogP contribution < -0.4 is 10.1 Å². The van der Waals surface area contributed by atoms with E-state index in [1.807, 2.05) is 12.1 Å². The monoisotopic (exact) mass is 444 g/mol. The fourth-order valence-corrected chi connectivity index (χ4v) is 3.45. The van der Waals surface area contributed by atoms with Crippen LogP contribution in [0.3, 0.4) is 0 Å². The number of nitrogens with one attached hydrogen (secondary N) is 1. The van der Waals surface area contributed by atoms with E-state index >= 15 is 0 Å². The van der Waals surface area contributed by atoms with Crippen LogP contribution in [0.15, 0.2) is 30.3 Å². The van der Waals surface area contributed by atoms with Gasteiger partial charge in [-0.15, -0.1) is 0 Å². The topological polar surface area (TPSA) is 138 Å². The first-order chi connectivity index (χ1) is 15.3. The van der Waals surface area contributed by atoms with Gasteiger partial charge in [-0.2, -0.15) is 0 Å². The molecule has 2 heterocycles. The molecule has 1 unspecified atom stereocenters. The molecule has 1 aliphatic heterocycles. The normalized spacial score (nSPS) is 15.9. The Kier molecular flexibility index (Phi) is 7.08. The molecule has 0 saturated carbocycles. The van der Waals surface area contributed by atoms with Crippen LogP contribution in [0, 0.1) is 0 Å². The van der Waals surface area contributed by atoms with Gasteiger partial charge in [0, 0.05) is 24.5 Å². The summed E-state index contributed by atoms with van der Waals surface area (Å²) in [5, 5.41) is 12.7. The first kappa shape index (κ1) is 22.8. The van der Waals surface area contributed by atoms with Crippen LogP contribution in [-0.4, -0.2) is 89.7 Å². The zero-order valence-electron chi connectivity index (χ0n) is 17.7. The third-order valence-electron chi connectivity index (χ3n) is 5.04. The largest absolute Gasteiger partial charge is 0.496 e. The number of methoxy groups -OCH3 is 1. The van der Waals surface area contributed by atoms with E-state index in [0.29, 0.717) is 11.3 Å². The van der Waals surface area contributed by atoms with Crippen molar-refractivity contribution in [1.82, 2.24) is 20.1 Å². The summed E-state index contributed by atoms with van der Waals surface area (Å²) in [6, 6.07) is 7.39. The van der Waals surface area contributed by atoms with Crippen molar-refractivity contribution in [3.05, 3.63) is 36.0 Å². The third-order valence-corrected chi connectivity index (χ3v) is 5.04. The molecule has 1 aliphatic rings. The van der Waals surface area contributed by atoms with Gasteiger partial charge in [-0.1, -0.05) is 12.1 Å². The summed E-state index contributed by atoms with van der Waals surface area (Å²) in [7, 11) is 1.48. The molecule has 1 saturated heterocycles. The Morgan fingerprint density at radius 1 is 1.22 bits per heavy atom. The number of rotatable bonds is 6. The Bertz CT molecular complexity index is 1040. The average molecular weight is 444 g/mol. The molecule has 0 radical (unpaired) electrons. The highest BCUT2D eigenvalue weighted by Gasteiger charge is 2.37. The number of fused-ring (bicyclic) bond motifs is 1. The quantitative estimate of drug-likeness (QED) is 0.665. The van der Waals surface area contributed by atoms with Crippen molar-refractivity contribution in [3.63, 3.8) is 0 Å². The van der Waals surface area contributed by atoms with E-state index in [2.05, 4.69) is 10.3 Å². The van der Waals surface area contributed by atoms with Gasteiger partial charge in [0.15, 0.2) is 0 Å². The maximum atomic E-state index is 12.7. The van der Waals surface area contributed by atoms with E-state index in [0.717, 1.165) is 10.3 Å². The molecule has 0 bridgehead atoms. The van der Waals surface area contributed by atoms with Crippen LogP contribution in [0.2, 0.25) is 0 Å². The third kappa shape index (κ3) is 4.88. The molecule has 1 aromatic carbocycles. The lowest BCUT2D eigenvalue weighted by Gasteiger charge is -2.38. The number of nitrogens with zero attached hydrogens (tertiary/aromatic N) is 3. The standard InChI is InChI=1S/C21H24N4O7/c1-3-32-21(30)24-8-9-25(16(12-24)20(28)29)18(26)11-22-19(27)15-10-17(31-2)13-6-4-5-7-14(13)23-15/h4-7,10,16H,3,8-9,11-12H2,1-2H3,(H,22,27)(H,28,29). The lowest BCUT2D eigenvalue weighted by atomic mass is 10.1. The smallest absolute Gasteiger partial charge is 0.409 e. The van der Waals surface area contributed by atoms with Gasteiger partial charge < -0.3 is 29.7 Å². The average Bonchev–Trinajstić information content (AvgIpc) is 2.81. The van der Waals surface area contributed by atoms with Crippen LogP contribution in [0.4, 0.5) is 4.79 Å². The number of ether oxygens (including phenoxy) is 2. The SMILES string of the molecule is CCOC(=O)N1CCN(C(=O)CNC(=O)c2cc(OC)c3ccccc3n2)C(C(=O)O)C1. The Morgan fingerprint density at radius 3 is 2.66 bits per heavy atom. The second-order valence-electron chi connectivity index (χ2n) is 7.00. The molecular formula is C21H24N4O7. The van der Waals surface area contributed by atoms with Crippen molar-refractivity contribution >= 4 is 34.8 Å². The van der Waals surface area contributed by atoms with E-state index in [1.165, 1.54) is 18.1 Å². The molecule has 3 rings (SSSR count). The summed E-state index contributed by atoms with van der Waals surface area (Å²) in [6.45, 7) is 1.33. The second-order valence-corrected chi connectivity index (χ2v) is 7.00. The van der Waals surface area contributed by atoms with Gasteiger partial charge in [0.25, 0.3) is 5.91 Å². The van der Waals surface area contributed by atoms with Crippen molar-refractivity contribution in [2.75, 3.05) is 39.9 Å². The van der Waals surface area contributed by atoms with E-state index in [9.17, 15) is 24.3 Å². The number of carboxylic acids is 1. The summed E-state index contributed by atoms with van der Waals surface area (Å²) in [4.78, 5) is 55.5. The van der Waals surface area contributed by atoms with Gasteiger partial charge in [-0.3, -0.25) is 9.59 Å². The molecule has 0 aliphatic carbocycles. The molecule has 11 heteroatoms. The van der Waals surface area contributed by atoms with Gasteiger partial charge in [-0.25, -0.2) is 14.6 Å². The second kappa shape index (κ2) is 9.94. The molecule has 11 nitrogen and oxygen atoms in total. The van der Waals surface area contributed by atoms with E-state index in [4.69, 9.17) is 9.47 Å². The molecule has 170 valence electrons. The van der Waals surface area contributed by atoms with Crippen LogP contribution in [0.5, 0.6) is 5.75 Å². The van der Waals surface area contributed by atoms with Crippen molar-refractivity contribution in [1.29, 1.82) is 0 Å². The highest BCUT2D eigenvalue weighted by Crippen LogP contribution is 2.24. The molecule has 2 aromatic rings. The minimum atomic E-state index is -1.25. The molecule has 2 N–H and O–H groups in total. The van der Waals surface area contributed by atoms with Gasteiger partial charge in [0.05, 0.1) is 32.3 Å². The molecule has 0 spiro atoms. The fraction of sp³-hybridized carbons (Fsp3) is 0.381. The summed E-state index contributed by atoms with van der Waals surface area (Å²) in [5.74, 6) is -1.96. The van der Waals surface area contributed by atoms with Crippen molar-refractivity contribution in [3.8, 4) is 5.75 Å². The number of hydrogen-bond donors (Lipinski definition) is 2. The highest BCUT2D eigenvalue weighted by atomic mass is 16.6. The van der Waals surface area contributed by atoms with Gasteiger partial charge >= 0.3 is 12.1 Å². The Hall–Kier alpha value is -3.89. The fourth-order valence-electron chi connectivity index (χ4n) is 3.45. The predicted octanol–water partition coefficient (Wildman–Crippen LogP) is 0.727. The summed E-state index contributed by atoms with van der Waals surface area (Å²) < 4.78 is 10.2.